The highest BCUT2D eigenvalue weighted by molar-refractivity contribution is 6.30. The van der Waals surface area contributed by atoms with E-state index in [-0.39, 0.29) is 24.7 Å². The van der Waals surface area contributed by atoms with Crippen LogP contribution in [0, 0.1) is 0 Å². The van der Waals surface area contributed by atoms with Gasteiger partial charge in [0.05, 0.1) is 18.8 Å². The summed E-state index contributed by atoms with van der Waals surface area (Å²) < 4.78 is 11.0. The van der Waals surface area contributed by atoms with Crippen LogP contribution in [0.2, 0.25) is 5.02 Å². The van der Waals surface area contributed by atoms with Crippen LogP contribution < -0.4 is 10.6 Å². The second-order valence-electron chi connectivity index (χ2n) is 4.80. The Morgan fingerprint density at radius 2 is 2.40 bits per heavy atom. The summed E-state index contributed by atoms with van der Waals surface area (Å²) in [6, 6.07) is 7.00. The molecule has 1 aromatic rings. The Hall–Kier alpha value is -1.14. The Morgan fingerprint density at radius 3 is 3.15 bits per heavy atom. The summed E-state index contributed by atoms with van der Waals surface area (Å²) in [4.78, 5) is 11.7. The summed E-state index contributed by atoms with van der Waals surface area (Å²) in [6.45, 7) is 4.01. The van der Waals surface area contributed by atoms with Crippen molar-refractivity contribution in [3.05, 3.63) is 29.3 Å². The monoisotopic (exact) mass is 298 g/mol. The lowest BCUT2D eigenvalue weighted by Crippen LogP contribution is -2.45. The fraction of sp³-hybridized carbons (Fsp3) is 0.500. The maximum absolute atomic E-state index is 11.7. The van der Waals surface area contributed by atoms with E-state index in [0.29, 0.717) is 17.3 Å². The average molecular weight is 299 g/mol. The van der Waals surface area contributed by atoms with Gasteiger partial charge in [-0.2, -0.15) is 0 Å². The number of carbonyl (C=O) groups is 1. The van der Waals surface area contributed by atoms with Gasteiger partial charge in [0.1, 0.15) is 6.61 Å². The van der Waals surface area contributed by atoms with E-state index in [1.807, 2.05) is 6.92 Å². The van der Waals surface area contributed by atoms with Gasteiger partial charge in [-0.25, -0.2) is 0 Å². The molecule has 2 N–H and O–H groups in total. The molecule has 1 aliphatic heterocycles. The summed E-state index contributed by atoms with van der Waals surface area (Å²) in [5.74, 6) is -0.205. The lowest BCUT2D eigenvalue weighted by atomic mass is 10.2. The molecule has 0 bridgehead atoms. The number of anilines is 1. The third kappa shape index (κ3) is 5.09. The molecular formula is C14H19ClN2O3. The van der Waals surface area contributed by atoms with Crippen molar-refractivity contribution in [2.45, 2.75) is 19.1 Å². The molecule has 2 atom stereocenters. The van der Waals surface area contributed by atoms with Gasteiger partial charge in [0.2, 0.25) is 5.91 Å². The first-order chi connectivity index (χ1) is 9.63. The van der Waals surface area contributed by atoms with Gasteiger partial charge < -0.3 is 20.1 Å². The van der Waals surface area contributed by atoms with E-state index >= 15 is 0 Å². The number of amides is 1. The lowest BCUT2D eigenvalue weighted by Gasteiger charge is -2.28. The van der Waals surface area contributed by atoms with E-state index in [9.17, 15) is 4.79 Å². The van der Waals surface area contributed by atoms with Gasteiger partial charge >= 0.3 is 0 Å². The van der Waals surface area contributed by atoms with Crippen molar-refractivity contribution in [2.75, 3.05) is 31.6 Å². The van der Waals surface area contributed by atoms with Crippen LogP contribution in [0.15, 0.2) is 24.3 Å². The second-order valence-corrected chi connectivity index (χ2v) is 5.24. The number of morpholine rings is 1. The molecule has 1 aliphatic rings. The second kappa shape index (κ2) is 7.59. The largest absolute Gasteiger partial charge is 0.370 e. The van der Waals surface area contributed by atoms with E-state index in [2.05, 4.69) is 10.6 Å². The van der Waals surface area contributed by atoms with Crippen LogP contribution in [0.1, 0.15) is 6.92 Å². The number of halogens is 1. The molecule has 20 heavy (non-hydrogen) atoms. The summed E-state index contributed by atoms with van der Waals surface area (Å²) in [5.41, 5.74) is 0.662. The number of rotatable bonds is 5. The zero-order valence-corrected chi connectivity index (χ0v) is 12.2. The van der Waals surface area contributed by atoms with Crippen LogP contribution in [-0.2, 0) is 14.3 Å². The number of benzene rings is 1. The molecule has 2 rings (SSSR count). The van der Waals surface area contributed by atoms with Gasteiger partial charge in [-0.1, -0.05) is 17.7 Å². The Bertz CT molecular complexity index is 456. The van der Waals surface area contributed by atoms with Crippen LogP contribution in [-0.4, -0.2) is 44.4 Å². The van der Waals surface area contributed by atoms with E-state index in [0.717, 1.165) is 13.1 Å². The Balaban J connectivity index is 1.67. The van der Waals surface area contributed by atoms with E-state index < -0.39 is 0 Å². The van der Waals surface area contributed by atoms with E-state index in [1.165, 1.54) is 0 Å². The van der Waals surface area contributed by atoms with Gasteiger partial charge in [-0.15, -0.1) is 0 Å². The maximum atomic E-state index is 11.7. The predicted molar refractivity (Wildman–Crippen MR) is 78.1 cm³/mol. The van der Waals surface area contributed by atoms with Crippen LogP contribution in [0.4, 0.5) is 5.69 Å². The van der Waals surface area contributed by atoms with Crippen LogP contribution in [0.5, 0.6) is 0 Å². The molecule has 1 saturated heterocycles. The number of nitrogens with one attached hydrogen (secondary N) is 2. The maximum Gasteiger partial charge on any atom is 0.250 e. The highest BCUT2D eigenvalue weighted by atomic mass is 35.5. The smallest absolute Gasteiger partial charge is 0.250 e. The predicted octanol–water partition coefficient (Wildman–Crippen LogP) is 1.67. The molecule has 0 aromatic heterocycles. The standard InChI is InChI=1S/C14H19ClN2O3/c1-10-6-16-7-13(20-10)8-19-9-14(18)17-12-4-2-3-11(15)5-12/h2-5,10,13,16H,6-9H2,1H3,(H,17,18). The van der Waals surface area contributed by atoms with Gasteiger partial charge in [0, 0.05) is 23.8 Å². The molecule has 1 aromatic carbocycles. The molecule has 0 radical (unpaired) electrons. The zero-order valence-electron chi connectivity index (χ0n) is 11.4. The summed E-state index contributed by atoms with van der Waals surface area (Å²) in [5, 5.41) is 6.56. The first kappa shape index (κ1) is 15.3. The molecule has 1 fully saturated rings. The van der Waals surface area contributed by atoms with Crippen molar-refractivity contribution in [2.24, 2.45) is 0 Å². The number of hydrogen-bond donors (Lipinski definition) is 2. The minimum atomic E-state index is -0.205. The summed E-state index contributed by atoms with van der Waals surface area (Å²) in [6.07, 6.45) is 0.176. The minimum Gasteiger partial charge on any atom is -0.370 e. The van der Waals surface area contributed by atoms with Crippen molar-refractivity contribution < 1.29 is 14.3 Å². The molecule has 110 valence electrons. The first-order valence-electron chi connectivity index (χ1n) is 6.63. The van der Waals surface area contributed by atoms with Gasteiger partial charge in [-0.05, 0) is 25.1 Å². The molecule has 0 saturated carbocycles. The van der Waals surface area contributed by atoms with Crippen LogP contribution in [0.25, 0.3) is 0 Å². The van der Waals surface area contributed by atoms with Crippen molar-refractivity contribution in [3.63, 3.8) is 0 Å². The van der Waals surface area contributed by atoms with E-state index in [1.54, 1.807) is 24.3 Å². The van der Waals surface area contributed by atoms with Gasteiger partial charge in [0.15, 0.2) is 0 Å². The summed E-state index contributed by atoms with van der Waals surface area (Å²) >= 11 is 5.84. The molecule has 1 heterocycles. The van der Waals surface area contributed by atoms with Gasteiger partial charge in [-0.3, -0.25) is 4.79 Å². The van der Waals surface area contributed by atoms with Crippen molar-refractivity contribution >= 4 is 23.2 Å². The fourth-order valence-electron chi connectivity index (χ4n) is 2.02. The molecule has 2 unspecified atom stereocenters. The van der Waals surface area contributed by atoms with Crippen molar-refractivity contribution in [3.8, 4) is 0 Å². The molecule has 0 aliphatic carbocycles. The number of hydrogen-bond acceptors (Lipinski definition) is 4. The molecular weight excluding hydrogens is 280 g/mol. The number of carbonyl (C=O) groups excluding carboxylic acids is 1. The quantitative estimate of drug-likeness (QED) is 0.868. The Kier molecular flexibility index (Phi) is 5.79. The average Bonchev–Trinajstić information content (AvgIpc) is 2.38. The van der Waals surface area contributed by atoms with Crippen molar-refractivity contribution in [1.29, 1.82) is 0 Å². The molecule has 0 spiro atoms. The third-order valence-corrected chi connectivity index (χ3v) is 3.11. The first-order valence-corrected chi connectivity index (χ1v) is 7.00. The highest BCUT2D eigenvalue weighted by Gasteiger charge is 2.18. The third-order valence-electron chi connectivity index (χ3n) is 2.87. The van der Waals surface area contributed by atoms with E-state index in [4.69, 9.17) is 21.1 Å². The normalized spacial score (nSPS) is 22.5. The Labute approximate surface area is 123 Å². The van der Waals surface area contributed by atoms with Gasteiger partial charge in [0.25, 0.3) is 0 Å². The minimum absolute atomic E-state index is 0.000748. The van der Waals surface area contributed by atoms with Crippen LogP contribution >= 0.6 is 11.6 Å². The molecule has 5 nitrogen and oxygen atoms in total. The zero-order chi connectivity index (χ0) is 14.4. The number of ether oxygens (including phenoxy) is 2. The van der Waals surface area contributed by atoms with Crippen LogP contribution in [0.3, 0.4) is 0 Å². The molecule has 6 heteroatoms. The SMILES string of the molecule is CC1CNCC(COCC(=O)Nc2cccc(Cl)c2)O1. The Morgan fingerprint density at radius 1 is 1.55 bits per heavy atom. The molecule has 1 amide bonds. The highest BCUT2D eigenvalue weighted by Crippen LogP contribution is 2.14. The summed E-state index contributed by atoms with van der Waals surface area (Å²) in [7, 11) is 0. The topological polar surface area (TPSA) is 59.6 Å². The lowest BCUT2D eigenvalue weighted by molar-refractivity contribution is -0.123. The van der Waals surface area contributed by atoms with Crippen molar-refractivity contribution in [1.82, 2.24) is 5.32 Å². The fourth-order valence-corrected chi connectivity index (χ4v) is 2.21.